The van der Waals surface area contributed by atoms with Gasteiger partial charge in [-0.15, -0.1) is 0 Å². The van der Waals surface area contributed by atoms with Crippen molar-refractivity contribution in [1.29, 1.82) is 0 Å². The maximum absolute atomic E-state index is 12.6. The standard InChI is InChI=1S/C23H27N3O3/c1-3-17-7-9-19(10-8-17)24-22(27)26-13-11-23(12-14-26)16-21(25-29-23)18-5-4-6-20(15-18)28-2/h4-10,15-16,25H,3,11-14H2,1-2H3,(H,24,27). The Kier molecular flexibility index (Phi) is 5.45. The maximum Gasteiger partial charge on any atom is 0.321 e. The van der Waals surface area contributed by atoms with E-state index in [1.165, 1.54) is 5.56 Å². The van der Waals surface area contributed by atoms with E-state index in [4.69, 9.17) is 9.57 Å². The van der Waals surface area contributed by atoms with Crippen LogP contribution in [0.2, 0.25) is 0 Å². The van der Waals surface area contributed by atoms with Crippen LogP contribution in [0.4, 0.5) is 10.5 Å². The van der Waals surface area contributed by atoms with Crippen LogP contribution in [0.15, 0.2) is 54.6 Å². The van der Waals surface area contributed by atoms with Crippen LogP contribution in [0.5, 0.6) is 5.75 Å². The number of nitrogens with one attached hydrogen (secondary N) is 2. The summed E-state index contributed by atoms with van der Waals surface area (Å²) in [5, 5.41) is 2.99. The number of rotatable bonds is 4. The van der Waals surface area contributed by atoms with Crippen LogP contribution in [0.1, 0.15) is 30.9 Å². The molecular weight excluding hydrogens is 366 g/mol. The van der Waals surface area contributed by atoms with Crippen LogP contribution in [-0.4, -0.2) is 36.7 Å². The molecule has 6 nitrogen and oxygen atoms in total. The lowest BCUT2D eigenvalue weighted by molar-refractivity contribution is -0.0634. The highest BCUT2D eigenvalue weighted by Crippen LogP contribution is 2.35. The fourth-order valence-corrected chi connectivity index (χ4v) is 3.77. The quantitative estimate of drug-likeness (QED) is 0.817. The predicted octanol–water partition coefficient (Wildman–Crippen LogP) is 4.20. The first-order chi connectivity index (χ1) is 14.1. The molecular formula is C23H27N3O3. The van der Waals surface area contributed by atoms with Crippen LogP contribution in [-0.2, 0) is 11.3 Å². The van der Waals surface area contributed by atoms with Crippen molar-refractivity contribution in [1.82, 2.24) is 10.4 Å². The molecule has 1 fully saturated rings. The number of ether oxygens (including phenoxy) is 1. The van der Waals surface area contributed by atoms with Gasteiger partial charge in [-0.2, -0.15) is 0 Å². The van der Waals surface area contributed by atoms with Crippen molar-refractivity contribution in [3.8, 4) is 5.75 Å². The summed E-state index contributed by atoms with van der Waals surface area (Å²) in [6, 6.07) is 15.8. The van der Waals surface area contributed by atoms with Crippen LogP contribution in [0, 0.1) is 0 Å². The highest BCUT2D eigenvalue weighted by molar-refractivity contribution is 5.89. The van der Waals surface area contributed by atoms with E-state index in [1.54, 1.807) is 7.11 Å². The average Bonchev–Trinajstić information content (AvgIpc) is 3.18. The van der Waals surface area contributed by atoms with Crippen molar-refractivity contribution in [2.75, 3.05) is 25.5 Å². The Morgan fingerprint density at radius 2 is 1.97 bits per heavy atom. The number of hydroxylamine groups is 1. The van der Waals surface area contributed by atoms with E-state index >= 15 is 0 Å². The van der Waals surface area contributed by atoms with Crippen molar-refractivity contribution in [2.45, 2.75) is 31.8 Å². The van der Waals surface area contributed by atoms with Gasteiger partial charge >= 0.3 is 6.03 Å². The molecule has 1 saturated heterocycles. The lowest BCUT2D eigenvalue weighted by Crippen LogP contribution is -2.48. The Morgan fingerprint density at radius 3 is 2.66 bits per heavy atom. The summed E-state index contributed by atoms with van der Waals surface area (Å²) in [5.41, 5.74) is 6.74. The summed E-state index contributed by atoms with van der Waals surface area (Å²) in [6.45, 7) is 3.40. The molecule has 0 aromatic heterocycles. The largest absolute Gasteiger partial charge is 0.497 e. The molecule has 4 rings (SSSR count). The number of amides is 2. The predicted molar refractivity (Wildman–Crippen MR) is 114 cm³/mol. The second-order valence-corrected chi connectivity index (χ2v) is 7.53. The molecule has 2 aromatic carbocycles. The molecule has 0 radical (unpaired) electrons. The molecule has 2 aliphatic heterocycles. The molecule has 0 aliphatic carbocycles. The fourth-order valence-electron chi connectivity index (χ4n) is 3.77. The van der Waals surface area contributed by atoms with Gasteiger partial charge in [-0.1, -0.05) is 31.2 Å². The minimum absolute atomic E-state index is 0.0629. The molecule has 2 aliphatic rings. The van der Waals surface area contributed by atoms with Crippen LogP contribution >= 0.6 is 0 Å². The van der Waals surface area contributed by atoms with Gasteiger partial charge in [0.05, 0.1) is 12.8 Å². The number of piperidine rings is 1. The third-order valence-electron chi connectivity index (χ3n) is 5.66. The number of anilines is 1. The van der Waals surface area contributed by atoms with Gasteiger partial charge in [0.25, 0.3) is 0 Å². The Bertz CT molecular complexity index is 900. The topological polar surface area (TPSA) is 62.8 Å². The zero-order valence-corrected chi connectivity index (χ0v) is 16.9. The number of urea groups is 1. The van der Waals surface area contributed by atoms with Crippen LogP contribution < -0.4 is 15.5 Å². The third kappa shape index (κ3) is 4.22. The van der Waals surface area contributed by atoms with E-state index in [2.05, 4.69) is 23.8 Å². The molecule has 0 saturated carbocycles. The van der Waals surface area contributed by atoms with Gasteiger partial charge in [-0.25, -0.2) is 4.79 Å². The van der Waals surface area contributed by atoms with Gasteiger partial charge < -0.3 is 15.0 Å². The van der Waals surface area contributed by atoms with E-state index in [1.807, 2.05) is 53.4 Å². The first-order valence-corrected chi connectivity index (χ1v) is 10.1. The summed E-state index contributed by atoms with van der Waals surface area (Å²) in [6.07, 6.45) is 4.62. The summed E-state index contributed by atoms with van der Waals surface area (Å²) < 4.78 is 5.31. The lowest BCUT2D eigenvalue weighted by atomic mass is 9.90. The Hall–Kier alpha value is -2.99. The SMILES string of the molecule is CCc1ccc(NC(=O)N2CCC3(C=C(c4cccc(OC)c4)NO3)CC2)cc1. The van der Waals surface area contributed by atoms with E-state index in [9.17, 15) is 4.79 Å². The minimum Gasteiger partial charge on any atom is -0.497 e. The van der Waals surface area contributed by atoms with Crippen LogP contribution in [0.25, 0.3) is 5.70 Å². The highest BCUT2D eigenvalue weighted by Gasteiger charge is 2.39. The molecule has 2 amide bonds. The number of carbonyl (C=O) groups is 1. The molecule has 152 valence electrons. The van der Waals surface area contributed by atoms with Crippen molar-refractivity contribution in [3.05, 3.63) is 65.7 Å². The number of carbonyl (C=O) groups excluding carboxylic acids is 1. The summed E-state index contributed by atoms with van der Waals surface area (Å²) >= 11 is 0. The van der Waals surface area contributed by atoms with Gasteiger partial charge in [0, 0.05) is 37.2 Å². The maximum atomic E-state index is 12.6. The first kappa shape index (κ1) is 19.3. The van der Waals surface area contributed by atoms with Crippen molar-refractivity contribution >= 4 is 17.4 Å². The number of methoxy groups -OCH3 is 1. The minimum atomic E-state index is -0.377. The molecule has 1 spiro atoms. The molecule has 0 unspecified atom stereocenters. The van der Waals surface area contributed by atoms with E-state index < -0.39 is 0 Å². The second-order valence-electron chi connectivity index (χ2n) is 7.53. The monoisotopic (exact) mass is 393 g/mol. The van der Waals surface area contributed by atoms with E-state index in [-0.39, 0.29) is 11.6 Å². The third-order valence-corrected chi connectivity index (χ3v) is 5.66. The average molecular weight is 393 g/mol. The molecule has 6 heteroatoms. The van der Waals surface area contributed by atoms with Gasteiger partial charge in [-0.05, 0) is 42.3 Å². The number of likely N-dealkylation sites (tertiary alicyclic amines) is 1. The second kappa shape index (κ2) is 8.17. The number of benzene rings is 2. The van der Waals surface area contributed by atoms with Gasteiger partial charge in [0.2, 0.25) is 0 Å². The molecule has 0 atom stereocenters. The number of hydrogen-bond acceptors (Lipinski definition) is 4. The van der Waals surface area contributed by atoms with Crippen molar-refractivity contribution in [2.24, 2.45) is 0 Å². The number of hydrogen-bond donors (Lipinski definition) is 2. The zero-order valence-electron chi connectivity index (χ0n) is 16.9. The Labute approximate surface area is 171 Å². The smallest absolute Gasteiger partial charge is 0.321 e. The van der Waals surface area contributed by atoms with Gasteiger partial charge in [0.15, 0.2) is 0 Å². The van der Waals surface area contributed by atoms with Gasteiger partial charge in [0.1, 0.15) is 11.4 Å². The number of nitrogens with zero attached hydrogens (tertiary/aromatic N) is 1. The first-order valence-electron chi connectivity index (χ1n) is 10.1. The fraction of sp³-hybridized carbons (Fsp3) is 0.348. The van der Waals surface area contributed by atoms with Crippen LogP contribution in [0.3, 0.4) is 0 Å². The van der Waals surface area contributed by atoms with Crippen molar-refractivity contribution < 1.29 is 14.4 Å². The Balaban J connectivity index is 1.37. The summed E-state index contributed by atoms with van der Waals surface area (Å²) in [5.74, 6) is 0.810. The van der Waals surface area contributed by atoms with Crippen molar-refractivity contribution in [3.63, 3.8) is 0 Å². The molecule has 2 heterocycles. The molecule has 2 aromatic rings. The number of aryl methyl sites for hydroxylation is 1. The summed E-state index contributed by atoms with van der Waals surface area (Å²) in [7, 11) is 1.66. The van der Waals surface area contributed by atoms with E-state index in [0.29, 0.717) is 13.1 Å². The molecule has 2 N–H and O–H groups in total. The highest BCUT2D eigenvalue weighted by atomic mass is 16.7. The Morgan fingerprint density at radius 1 is 1.21 bits per heavy atom. The molecule has 0 bridgehead atoms. The summed E-state index contributed by atoms with van der Waals surface area (Å²) in [4.78, 5) is 20.4. The lowest BCUT2D eigenvalue weighted by Gasteiger charge is -2.36. The van der Waals surface area contributed by atoms with E-state index in [0.717, 1.165) is 42.0 Å². The van der Waals surface area contributed by atoms with Gasteiger partial charge in [-0.3, -0.25) is 10.3 Å². The molecule has 29 heavy (non-hydrogen) atoms. The normalized spacial score (nSPS) is 17.6. The zero-order chi connectivity index (χ0) is 20.3.